The van der Waals surface area contributed by atoms with Crippen LogP contribution in [0.25, 0.3) is 0 Å². The second-order valence-corrected chi connectivity index (χ2v) is 22.0. The van der Waals surface area contributed by atoms with Crippen LogP contribution in [0.2, 0.25) is 5.02 Å². The van der Waals surface area contributed by atoms with Crippen LogP contribution >= 0.6 is 11.6 Å². The molecule has 0 spiro atoms. The summed E-state index contributed by atoms with van der Waals surface area (Å²) in [5.41, 5.74) is 4.68. The molecule has 0 amide bonds. The summed E-state index contributed by atoms with van der Waals surface area (Å²) in [6.45, 7) is 4.09. The molecular formula is C74H89ClF2O10. The highest BCUT2D eigenvalue weighted by molar-refractivity contribution is 6.30. The van der Waals surface area contributed by atoms with Crippen molar-refractivity contribution in [2.75, 3.05) is 6.67 Å². The molecule has 7 aromatic carbocycles. The largest absolute Gasteiger partial charge is 0.504 e. The van der Waals surface area contributed by atoms with E-state index >= 15 is 0 Å². The fraction of sp³-hybridized carbons (Fsp3) is 0.365. The SMILES string of the molecule is CCCCCCCCCCCCCCc1cccc(O)c(=O)c1.CCCCCCCCc1cccc(O)c(=O)c1.O=c1cc(CCCF)cccc1O.O=c1cc(Cc2ccc(Cl)cc2)cccc1O.O=c1cc(Cc2ccc(F)cc2)cccc1O. The maximum Gasteiger partial charge on any atom is 0.220 e. The maximum atomic E-state index is 12.7. The van der Waals surface area contributed by atoms with E-state index in [4.69, 9.17) is 16.7 Å². The lowest BCUT2D eigenvalue weighted by atomic mass is 10.0. The Labute approximate surface area is 517 Å². The van der Waals surface area contributed by atoms with Crippen molar-refractivity contribution in [3.8, 4) is 28.7 Å². The molecule has 0 aliphatic heterocycles. The smallest absolute Gasteiger partial charge is 0.220 e. The zero-order valence-corrected chi connectivity index (χ0v) is 51.5. The highest BCUT2D eigenvalue weighted by Gasteiger charge is 2.04. The van der Waals surface area contributed by atoms with Gasteiger partial charge in [0.15, 0.2) is 28.7 Å². The van der Waals surface area contributed by atoms with Gasteiger partial charge in [-0.1, -0.05) is 213 Å². The van der Waals surface area contributed by atoms with Crippen molar-refractivity contribution >= 4 is 11.6 Å². The molecule has 0 atom stereocenters. The summed E-state index contributed by atoms with van der Waals surface area (Å²) in [7, 11) is 0. The lowest BCUT2D eigenvalue weighted by molar-refractivity contribution is 0.470. The van der Waals surface area contributed by atoms with E-state index in [1.807, 2.05) is 42.5 Å². The molecule has 13 heteroatoms. The van der Waals surface area contributed by atoms with Gasteiger partial charge in [0.2, 0.25) is 27.1 Å². The van der Waals surface area contributed by atoms with Gasteiger partial charge in [0.25, 0.3) is 0 Å². The molecule has 7 rings (SSSR count). The Kier molecular flexibility index (Phi) is 37.5. The van der Waals surface area contributed by atoms with Crippen molar-refractivity contribution in [2.45, 2.75) is 168 Å². The van der Waals surface area contributed by atoms with Crippen LogP contribution < -0.4 is 27.1 Å². The minimum atomic E-state index is -0.418. The molecule has 0 unspecified atom stereocenters. The minimum Gasteiger partial charge on any atom is -0.504 e. The number of hydrogen-bond acceptors (Lipinski definition) is 10. The standard InChI is InChI=1S/C21H34O2.C15H22O2.C14H11ClO2.C14H11FO2.C10H11FO2/c1-2-3-4-5-6-7-8-9-10-11-12-13-15-19-16-14-17-20(22)21(23)18-19;1-2-3-4-5-6-7-9-13-10-8-11-14(16)15(17)12-13;2*15-12-6-4-10(5-7-12)8-11-2-1-3-13(16)14(17)9-11;11-6-2-4-8-3-1-5-9(12)10(13)7-8/h14,16-18H,2-13,15H2,1H3,(H,22,23);8,10-12H,2-7,9H2,1H3,(H,16,17);2*1-7,9H,8H2,(H,16,17);1,3,5,7H,2,4,6H2,(H,12,13). The number of rotatable bonds is 27. The van der Waals surface area contributed by atoms with E-state index in [1.165, 1.54) is 163 Å². The van der Waals surface area contributed by atoms with Gasteiger partial charge in [0.05, 0.1) is 6.67 Å². The van der Waals surface area contributed by atoms with Crippen LogP contribution in [0.1, 0.15) is 175 Å². The Morgan fingerprint density at radius 2 is 0.563 bits per heavy atom. The van der Waals surface area contributed by atoms with Gasteiger partial charge >= 0.3 is 0 Å². The summed E-state index contributed by atoms with van der Waals surface area (Å²) in [6.07, 6.45) is 27.6. The van der Waals surface area contributed by atoms with Crippen molar-refractivity contribution in [1.82, 2.24) is 0 Å². The summed E-state index contributed by atoms with van der Waals surface area (Å²) >= 11 is 5.80. The fourth-order valence-electron chi connectivity index (χ4n) is 9.09. The first-order valence-electron chi connectivity index (χ1n) is 30.7. The molecule has 10 nitrogen and oxygen atoms in total. The first kappa shape index (κ1) is 73.3. The van der Waals surface area contributed by atoms with Gasteiger partial charge in [-0.2, -0.15) is 0 Å². The molecule has 5 N–H and O–H groups in total. The van der Waals surface area contributed by atoms with Gasteiger partial charge in [-0.3, -0.25) is 28.4 Å². The quantitative estimate of drug-likeness (QED) is 0.0310. The topological polar surface area (TPSA) is 186 Å². The highest BCUT2D eigenvalue weighted by atomic mass is 35.5. The van der Waals surface area contributed by atoms with Gasteiger partial charge in [-0.25, -0.2) is 4.39 Å². The third kappa shape index (κ3) is 33.5. The van der Waals surface area contributed by atoms with Crippen LogP contribution in [0.3, 0.4) is 0 Å². The van der Waals surface area contributed by atoms with Gasteiger partial charge in [0.1, 0.15) is 5.82 Å². The molecule has 0 fully saturated rings. The fourth-order valence-corrected chi connectivity index (χ4v) is 9.22. The second-order valence-electron chi connectivity index (χ2n) is 21.5. The molecule has 0 radical (unpaired) electrons. The van der Waals surface area contributed by atoms with Gasteiger partial charge in [-0.15, -0.1) is 0 Å². The van der Waals surface area contributed by atoms with Gasteiger partial charge in [0, 0.05) is 5.02 Å². The van der Waals surface area contributed by atoms with E-state index in [-0.39, 0.29) is 50.9 Å². The van der Waals surface area contributed by atoms with Crippen LogP contribution in [-0.4, -0.2) is 32.2 Å². The number of aromatic hydroxyl groups is 5. The summed E-state index contributed by atoms with van der Waals surface area (Å²) in [5, 5.41) is 46.9. The number of hydrogen-bond donors (Lipinski definition) is 5. The monoisotopic (exact) mass is 1210 g/mol. The molecule has 87 heavy (non-hydrogen) atoms. The third-order valence-electron chi connectivity index (χ3n) is 14.0. The lowest BCUT2D eigenvalue weighted by Gasteiger charge is -2.03. The summed E-state index contributed by atoms with van der Waals surface area (Å²) in [5.74, 6) is -1.38. The molecule has 0 aromatic heterocycles. The van der Waals surface area contributed by atoms with Crippen molar-refractivity contribution in [3.05, 3.63) is 271 Å². The number of aryl methyl sites for hydroxylation is 3. The molecular weight excluding hydrogens is 1120 g/mol. The average molecular weight is 1210 g/mol. The average Bonchev–Trinajstić information content (AvgIpc) is 4.29. The number of halogens is 3. The van der Waals surface area contributed by atoms with Crippen LogP contribution in [0, 0.1) is 5.82 Å². The molecule has 0 bridgehead atoms. The predicted octanol–water partition coefficient (Wildman–Crippen LogP) is 16.8. The van der Waals surface area contributed by atoms with E-state index in [0.717, 1.165) is 64.6 Å². The predicted molar refractivity (Wildman–Crippen MR) is 352 cm³/mol. The molecule has 7 aromatic rings. The summed E-state index contributed by atoms with van der Waals surface area (Å²) < 4.78 is 24.5. The zero-order valence-electron chi connectivity index (χ0n) is 50.8. The van der Waals surface area contributed by atoms with Crippen LogP contribution in [-0.2, 0) is 32.1 Å². The first-order chi connectivity index (χ1) is 42.0. The van der Waals surface area contributed by atoms with E-state index in [9.17, 15) is 53.2 Å². The highest BCUT2D eigenvalue weighted by Crippen LogP contribution is 2.17. The van der Waals surface area contributed by atoms with Crippen molar-refractivity contribution in [3.63, 3.8) is 0 Å². The minimum absolute atomic E-state index is 0.161. The van der Waals surface area contributed by atoms with E-state index < -0.39 is 17.5 Å². The Balaban J connectivity index is 0.000000288. The van der Waals surface area contributed by atoms with Crippen molar-refractivity contribution in [2.24, 2.45) is 0 Å². The molecule has 0 aliphatic carbocycles. The summed E-state index contributed by atoms with van der Waals surface area (Å²) in [6, 6.07) is 45.3. The molecule has 0 aliphatic rings. The summed E-state index contributed by atoms with van der Waals surface area (Å²) in [4.78, 5) is 56.7. The zero-order chi connectivity index (χ0) is 63.4. The second kappa shape index (κ2) is 44.5. The van der Waals surface area contributed by atoms with Crippen LogP contribution in [0.5, 0.6) is 28.7 Å². The Hall–Kier alpha value is -7.96. The number of unbranched alkanes of at least 4 members (excludes halogenated alkanes) is 16. The molecule has 466 valence electrons. The van der Waals surface area contributed by atoms with E-state index in [1.54, 1.807) is 66.7 Å². The first-order valence-corrected chi connectivity index (χ1v) is 31.1. The van der Waals surface area contributed by atoms with Crippen LogP contribution in [0.15, 0.2) is 194 Å². The Bertz CT molecular complexity index is 3280. The van der Waals surface area contributed by atoms with Gasteiger partial charge in [-0.05, 0) is 175 Å². The molecule has 0 heterocycles. The van der Waals surface area contributed by atoms with Crippen molar-refractivity contribution < 1.29 is 34.3 Å². The Morgan fingerprint density at radius 1 is 0.310 bits per heavy atom. The normalized spacial score (nSPS) is 10.4. The lowest BCUT2D eigenvalue weighted by Crippen LogP contribution is -1.96. The Morgan fingerprint density at radius 3 is 0.862 bits per heavy atom. The third-order valence-corrected chi connectivity index (χ3v) is 14.3. The van der Waals surface area contributed by atoms with Crippen molar-refractivity contribution in [1.29, 1.82) is 0 Å². The molecule has 0 saturated heterocycles. The number of benzene rings is 2. The van der Waals surface area contributed by atoms with Crippen LogP contribution in [0.4, 0.5) is 8.78 Å². The van der Waals surface area contributed by atoms with E-state index in [0.29, 0.717) is 30.7 Å². The van der Waals surface area contributed by atoms with Gasteiger partial charge < -0.3 is 25.5 Å². The maximum absolute atomic E-state index is 12.7. The molecule has 0 saturated carbocycles. The van der Waals surface area contributed by atoms with E-state index in [2.05, 4.69) is 13.8 Å². The number of alkyl halides is 1.